The Hall–Kier alpha value is -1.35. The third-order valence-corrected chi connectivity index (χ3v) is 2.89. The van der Waals surface area contributed by atoms with E-state index in [1.807, 2.05) is 13.0 Å². The zero-order valence-electron chi connectivity index (χ0n) is 11.0. The molecule has 2 atom stereocenters. The van der Waals surface area contributed by atoms with Gasteiger partial charge in [-0.25, -0.2) is 0 Å². The molecule has 1 N–H and O–H groups in total. The van der Waals surface area contributed by atoms with E-state index in [0.29, 0.717) is 0 Å². The molecule has 1 rings (SSSR count). The lowest BCUT2D eigenvalue weighted by Crippen LogP contribution is -2.38. The average molecular weight is 235 g/mol. The lowest BCUT2D eigenvalue weighted by molar-refractivity contribution is -0.143. The predicted octanol–water partition coefficient (Wildman–Crippen LogP) is 2.60. The van der Waals surface area contributed by atoms with Crippen LogP contribution in [0, 0.1) is 6.92 Å². The molecule has 0 aliphatic carbocycles. The van der Waals surface area contributed by atoms with E-state index in [4.69, 9.17) is 4.74 Å². The molecule has 0 saturated heterocycles. The molecule has 0 radical (unpaired) electrons. The standard InChI is InChI=1S/C14H21NO2/c1-5-13(14(16)17-4)15-11(3)12-8-6-7-10(2)9-12/h6-9,11,13,15H,5H2,1-4H3/t11-,13?/m0/s1. The number of carbonyl (C=O) groups is 1. The molecule has 0 saturated carbocycles. The Morgan fingerprint density at radius 3 is 2.71 bits per heavy atom. The summed E-state index contributed by atoms with van der Waals surface area (Å²) in [6, 6.07) is 8.18. The molecule has 1 aromatic carbocycles. The summed E-state index contributed by atoms with van der Waals surface area (Å²) in [7, 11) is 1.42. The second-order valence-corrected chi connectivity index (χ2v) is 4.29. The van der Waals surface area contributed by atoms with Gasteiger partial charge in [-0.2, -0.15) is 0 Å². The van der Waals surface area contributed by atoms with Gasteiger partial charge in [0.2, 0.25) is 0 Å². The fourth-order valence-corrected chi connectivity index (χ4v) is 1.83. The molecule has 1 aromatic rings. The Labute approximate surface area is 103 Å². The van der Waals surface area contributed by atoms with Crippen LogP contribution < -0.4 is 5.32 Å². The summed E-state index contributed by atoms with van der Waals surface area (Å²) in [5.74, 6) is -0.202. The number of carbonyl (C=O) groups excluding carboxylic acids is 1. The van der Waals surface area contributed by atoms with Crippen LogP contribution in [0.15, 0.2) is 24.3 Å². The molecule has 0 fully saturated rings. The minimum atomic E-state index is -0.240. The molecule has 1 unspecified atom stereocenters. The van der Waals surface area contributed by atoms with Gasteiger partial charge in [-0.15, -0.1) is 0 Å². The molecule has 3 nitrogen and oxygen atoms in total. The number of methoxy groups -OCH3 is 1. The summed E-state index contributed by atoms with van der Waals surface area (Å²) >= 11 is 0. The molecule has 3 heteroatoms. The first-order valence-corrected chi connectivity index (χ1v) is 5.99. The quantitative estimate of drug-likeness (QED) is 0.797. The van der Waals surface area contributed by atoms with E-state index in [1.165, 1.54) is 18.2 Å². The molecule has 94 valence electrons. The summed E-state index contributed by atoms with van der Waals surface area (Å²) in [5.41, 5.74) is 2.41. The second kappa shape index (κ2) is 6.40. The van der Waals surface area contributed by atoms with Crippen molar-refractivity contribution in [3.8, 4) is 0 Å². The molecular formula is C14H21NO2. The van der Waals surface area contributed by atoms with Crippen molar-refractivity contribution in [1.82, 2.24) is 5.32 Å². The number of nitrogens with one attached hydrogen (secondary N) is 1. The smallest absolute Gasteiger partial charge is 0.322 e. The molecule has 0 spiro atoms. The van der Waals surface area contributed by atoms with Gasteiger partial charge in [0.05, 0.1) is 7.11 Å². The van der Waals surface area contributed by atoms with Crippen molar-refractivity contribution >= 4 is 5.97 Å². The highest BCUT2D eigenvalue weighted by Crippen LogP contribution is 2.15. The monoisotopic (exact) mass is 235 g/mol. The molecule has 0 aliphatic heterocycles. The van der Waals surface area contributed by atoms with E-state index < -0.39 is 0 Å². The first kappa shape index (κ1) is 13.7. The molecule has 0 amide bonds. The highest BCUT2D eigenvalue weighted by molar-refractivity contribution is 5.75. The SMILES string of the molecule is CCC(N[C@@H](C)c1cccc(C)c1)C(=O)OC. The summed E-state index contributed by atoms with van der Waals surface area (Å²) in [6.07, 6.45) is 0.725. The summed E-state index contributed by atoms with van der Waals surface area (Å²) in [5, 5.41) is 3.29. The van der Waals surface area contributed by atoms with Gasteiger partial charge >= 0.3 is 5.97 Å². The van der Waals surface area contributed by atoms with Gasteiger partial charge in [-0.3, -0.25) is 10.1 Å². The van der Waals surface area contributed by atoms with Crippen LogP contribution in [-0.2, 0) is 9.53 Å². The number of ether oxygens (including phenoxy) is 1. The van der Waals surface area contributed by atoms with Gasteiger partial charge in [-0.1, -0.05) is 36.8 Å². The normalized spacial score (nSPS) is 14.1. The molecule has 0 aliphatic rings. The number of hydrogen-bond acceptors (Lipinski definition) is 3. The minimum Gasteiger partial charge on any atom is -0.468 e. The maximum Gasteiger partial charge on any atom is 0.322 e. The van der Waals surface area contributed by atoms with E-state index >= 15 is 0 Å². The van der Waals surface area contributed by atoms with Crippen molar-refractivity contribution in [1.29, 1.82) is 0 Å². The van der Waals surface area contributed by atoms with E-state index in [9.17, 15) is 4.79 Å². The number of hydrogen-bond donors (Lipinski definition) is 1. The van der Waals surface area contributed by atoms with Crippen LogP contribution in [0.25, 0.3) is 0 Å². The van der Waals surface area contributed by atoms with Crippen molar-refractivity contribution in [2.45, 2.75) is 39.3 Å². The summed E-state index contributed by atoms with van der Waals surface area (Å²) in [4.78, 5) is 11.5. The van der Waals surface area contributed by atoms with Gasteiger partial charge in [0.25, 0.3) is 0 Å². The topological polar surface area (TPSA) is 38.3 Å². The van der Waals surface area contributed by atoms with Gasteiger partial charge < -0.3 is 4.74 Å². The highest BCUT2D eigenvalue weighted by atomic mass is 16.5. The van der Waals surface area contributed by atoms with Crippen LogP contribution in [0.1, 0.15) is 37.4 Å². The van der Waals surface area contributed by atoms with Crippen molar-refractivity contribution in [3.63, 3.8) is 0 Å². The number of benzene rings is 1. The van der Waals surface area contributed by atoms with Crippen LogP contribution in [0.5, 0.6) is 0 Å². The fraction of sp³-hybridized carbons (Fsp3) is 0.500. The Morgan fingerprint density at radius 1 is 1.47 bits per heavy atom. The zero-order valence-corrected chi connectivity index (χ0v) is 11.0. The molecule has 0 aromatic heterocycles. The van der Waals surface area contributed by atoms with Gasteiger partial charge in [0.15, 0.2) is 0 Å². The van der Waals surface area contributed by atoms with E-state index in [-0.39, 0.29) is 18.1 Å². The Kier molecular flexibility index (Phi) is 5.16. The van der Waals surface area contributed by atoms with E-state index in [0.717, 1.165) is 6.42 Å². The third kappa shape index (κ3) is 3.86. The minimum absolute atomic E-state index is 0.138. The molecule has 0 heterocycles. The third-order valence-electron chi connectivity index (χ3n) is 2.89. The maximum atomic E-state index is 11.5. The van der Waals surface area contributed by atoms with E-state index in [1.54, 1.807) is 0 Å². The van der Waals surface area contributed by atoms with Crippen molar-refractivity contribution in [2.24, 2.45) is 0 Å². The van der Waals surface area contributed by atoms with Crippen LogP contribution in [-0.4, -0.2) is 19.1 Å². The molecular weight excluding hydrogens is 214 g/mol. The van der Waals surface area contributed by atoms with Gasteiger partial charge in [-0.05, 0) is 25.8 Å². The first-order valence-electron chi connectivity index (χ1n) is 5.99. The van der Waals surface area contributed by atoms with Crippen LogP contribution in [0.2, 0.25) is 0 Å². The Morgan fingerprint density at radius 2 is 2.18 bits per heavy atom. The van der Waals surface area contributed by atoms with Gasteiger partial charge in [0.1, 0.15) is 6.04 Å². The largest absolute Gasteiger partial charge is 0.468 e. The summed E-state index contributed by atoms with van der Waals surface area (Å²) < 4.78 is 4.76. The molecule has 0 bridgehead atoms. The van der Waals surface area contributed by atoms with Crippen molar-refractivity contribution in [2.75, 3.05) is 7.11 Å². The lowest BCUT2D eigenvalue weighted by Gasteiger charge is -2.20. The zero-order chi connectivity index (χ0) is 12.8. The average Bonchev–Trinajstić information content (AvgIpc) is 2.34. The molecule has 17 heavy (non-hydrogen) atoms. The van der Waals surface area contributed by atoms with Crippen LogP contribution in [0.4, 0.5) is 0 Å². The number of rotatable bonds is 5. The van der Waals surface area contributed by atoms with Crippen molar-refractivity contribution in [3.05, 3.63) is 35.4 Å². The second-order valence-electron chi connectivity index (χ2n) is 4.29. The number of esters is 1. The predicted molar refractivity (Wildman–Crippen MR) is 68.8 cm³/mol. The fourth-order valence-electron chi connectivity index (χ4n) is 1.83. The summed E-state index contributed by atoms with van der Waals surface area (Å²) in [6.45, 7) is 6.09. The van der Waals surface area contributed by atoms with Crippen LogP contribution >= 0.6 is 0 Å². The maximum absolute atomic E-state index is 11.5. The first-order chi connectivity index (χ1) is 8.08. The van der Waals surface area contributed by atoms with Crippen LogP contribution in [0.3, 0.4) is 0 Å². The highest BCUT2D eigenvalue weighted by Gasteiger charge is 2.19. The van der Waals surface area contributed by atoms with E-state index in [2.05, 4.69) is 37.4 Å². The van der Waals surface area contributed by atoms with Gasteiger partial charge in [0, 0.05) is 6.04 Å². The Bertz CT molecular complexity index is 376. The van der Waals surface area contributed by atoms with Crippen molar-refractivity contribution < 1.29 is 9.53 Å². The number of aryl methyl sites for hydroxylation is 1. The lowest BCUT2D eigenvalue weighted by atomic mass is 10.0. The Balaban J connectivity index is 2.70.